The van der Waals surface area contributed by atoms with Crippen molar-refractivity contribution in [3.8, 4) is 0 Å². The van der Waals surface area contributed by atoms with Crippen molar-refractivity contribution in [1.82, 2.24) is 15.5 Å². The van der Waals surface area contributed by atoms with Gasteiger partial charge in [-0.2, -0.15) is 0 Å². The molecule has 0 spiro atoms. The number of likely N-dealkylation sites (N-methyl/N-ethyl adjacent to an activating group) is 1. The normalized spacial score (nSPS) is 13.3. The van der Waals surface area contributed by atoms with Crippen LogP contribution in [0.5, 0.6) is 0 Å². The zero-order valence-corrected chi connectivity index (χ0v) is 17.7. The molecule has 0 rings (SSSR count). The number of nitrogens with zero attached hydrogens (tertiary/aromatic N) is 2. The lowest BCUT2D eigenvalue weighted by atomic mass is 9.90. The lowest BCUT2D eigenvalue weighted by molar-refractivity contribution is 0.180. The Morgan fingerprint density at radius 3 is 2.48 bits per heavy atom. The maximum atomic E-state index is 11.3. The molecule has 0 unspecified atom stereocenters. The Morgan fingerprint density at radius 1 is 1.24 bits per heavy atom. The number of guanidine groups is 1. The van der Waals surface area contributed by atoms with E-state index in [0.717, 1.165) is 45.2 Å². The predicted octanol–water partition coefficient (Wildman–Crippen LogP) is 0.971. The number of aliphatic imine (C=N–C) groups is 1. The van der Waals surface area contributed by atoms with Gasteiger partial charge in [-0.05, 0) is 32.2 Å². The first-order valence-corrected chi connectivity index (χ1v) is 11.0. The van der Waals surface area contributed by atoms with E-state index in [0.29, 0.717) is 13.0 Å². The van der Waals surface area contributed by atoms with Gasteiger partial charge < -0.3 is 20.3 Å². The topological polar surface area (TPSA) is 83.0 Å². The summed E-state index contributed by atoms with van der Waals surface area (Å²) < 4.78 is 27.8. The van der Waals surface area contributed by atoms with Crippen LogP contribution in [-0.4, -0.2) is 84.8 Å². The summed E-state index contributed by atoms with van der Waals surface area (Å²) in [5.41, 5.74) is -0.150. The molecule has 7 nitrogen and oxygen atoms in total. The molecule has 0 aliphatic heterocycles. The second-order valence-electron chi connectivity index (χ2n) is 7.32. The molecule has 0 heterocycles. The summed E-state index contributed by atoms with van der Waals surface area (Å²) in [5, 5.41) is 6.57. The molecule has 0 bridgehead atoms. The molecule has 8 heteroatoms. The van der Waals surface area contributed by atoms with Crippen LogP contribution in [0.2, 0.25) is 0 Å². The molecule has 0 fully saturated rings. The van der Waals surface area contributed by atoms with E-state index in [2.05, 4.69) is 41.4 Å². The summed E-state index contributed by atoms with van der Waals surface area (Å²) in [6, 6.07) is 0. The standard InChI is InChI=1S/C17H38N4O3S/c1-7-18-16(19-10-12-21(4)11-8-13-24-5)20-15-17(2,3)9-14-25(6,22)23/h7-15H2,1-6H3,(H2,18,19,20). The summed E-state index contributed by atoms with van der Waals surface area (Å²) in [5.74, 6) is 0.978. The third-order valence-corrected chi connectivity index (χ3v) is 4.78. The summed E-state index contributed by atoms with van der Waals surface area (Å²) in [7, 11) is 0.880. The van der Waals surface area contributed by atoms with Crippen LogP contribution in [0.25, 0.3) is 0 Å². The molecular weight excluding hydrogens is 340 g/mol. The lowest BCUT2D eigenvalue weighted by Gasteiger charge is -2.23. The van der Waals surface area contributed by atoms with E-state index in [1.54, 1.807) is 7.11 Å². The molecule has 150 valence electrons. The molecule has 0 aromatic rings. The molecule has 0 amide bonds. The van der Waals surface area contributed by atoms with Crippen LogP contribution in [0.4, 0.5) is 0 Å². The highest BCUT2D eigenvalue weighted by Gasteiger charge is 2.20. The van der Waals surface area contributed by atoms with E-state index in [9.17, 15) is 8.42 Å². The minimum atomic E-state index is -2.93. The van der Waals surface area contributed by atoms with E-state index < -0.39 is 9.84 Å². The lowest BCUT2D eigenvalue weighted by Crippen LogP contribution is -2.41. The van der Waals surface area contributed by atoms with E-state index in [4.69, 9.17) is 4.74 Å². The van der Waals surface area contributed by atoms with E-state index in [1.165, 1.54) is 6.26 Å². The van der Waals surface area contributed by atoms with Gasteiger partial charge in [0, 0.05) is 52.7 Å². The second-order valence-corrected chi connectivity index (χ2v) is 9.58. The van der Waals surface area contributed by atoms with Crippen molar-refractivity contribution < 1.29 is 13.2 Å². The number of methoxy groups -OCH3 is 1. The molecule has 0 atom stereocenters. The Hall–Kier alpha value is -0.860. The van der Waals surface area contributed by atoms with E-state index in [-0.39, 0.29) is 11.2 Å². The van der Waals surface area contributed by atoms with Crippen molar-refractivity contribution in [1.29, 1.82) is 0 Å². The zero-order valence-electron chi connectivity index (χ0n) is 16.9. The van der Waals surface area contributed by atoms with Gasteiger partial charge in [0.15, 0.2) is 5.96 Å². The molecule has 2 N–H and O–H groups in total. The molecule has 0 aliphatic rings. The zero-order chi connectivity index (χ0) is 19.3. The summed E-state index contributed by atoms with van der Waals surface area (Å²) in [4.78, 5) is 6.87. The quantitative estimate of drug-likeness (QED) is 0.282. The van der Waals surface area contributed by atoms with Gasteiger partial charge in [0.1, 0.15) is 9.84 Å². The Morgan fingerprint density at radius 2 is 1.92 bits per heavy atom. The molecule has 0 saturated heterocycles. The molecule has 0 aromatic carbocycles. The highest BCUT2D eigenvalue weighted by molar-refractivity contribution is 7.90. The SMILES string of the molecule is CCNC(=NCC(C)(C)CCS(C)(=O)=O)NCCN(C)CCCOC. The van der Waals surface area contributed by atoms with Crippen molar-refractivity contribution >= 4 is 15.8 Å². The molecule has 25 heavy (non-hydrogen) atoms. The Kier molecular flexibility index (Phi) is 12.1. The second kappa shape index (κ2) is 12.5. The van der Waals surface area contributed by atoms with Crippen LogP contribution in [0.1, 0.15) is 33.6 Å². The third-order valence-electron chi connectivity index (χ3n) is 3.83. The number of hydrogen-bond acceptors (Lipinski definition) is 5. The van der Waals surface area contributed by atoms with Crippen molar-refractivity contribution in [2.24, 2.45) is 10.4 Å². The number of rotatable bonds is 13. The van der Waals surface area contributed by atoms with Crippen LogP contribution in [0.3, 0.4) is 0 Å². The van der Waals surface area contributed by atoms with E-state index >= 15 is 0 Å². The maximum Gasteiger partial charge on any atom is 0.191 e. The largest absolute Gasteiger partial charge is 0.385 e. The van der Waals surface area contributed by atoms with E-state index in [1.807, 2.05) is 6.92 Å². The van der Waals surface area contributed by atoms with Crippen LogP contribution >= 0.6 is 0 Å². The Labute approximate surface area is 154 Å². The number of ether oxygens (including phenoxy) is 1. The first-order chi connectivity index (χ1) is 11.6. The summed E-state index contributed by atoms with van der Waals surface area (Å²) >= 11 is 0. The first-order valence-electron chi connectivity index (χ1n) is 8.97. The van der Waals surface area contributed by atoms with Crippen molar-refractivity contribution in [3.63, 3.8) is 0 Å². The van der Waals surface area contributed by atoms with Crippen molar-refractivity contribution in [3.05, 3.63) is 0 Å². The van der Waals surface area contributed by atoms with Crippen LogP contribution in [0.15, 0.2) is 4.99 Å². The number of hydrogen-bond donors (Lipinski definition) is 2. The monoisotopic (exact) mass is 378 g/mol. The third kappa shape index (κ3) is 15.1. The minimum absolute atomic E-state index is 0.150. The molecule has 0 radical (unpaired) electrons. The number of nitrogens with one attached hydrogen (secondary N) is 2. The van der Waals surface area contributed by atoms with Gasteiger partial charge in [-0.15, -0.1) is 0 Å². The Balaban J connectivity index is 4.35. The summed E-state index contributed by atoms with van der Waals surface area (Å²) in [6.07, 6.45) is 2.91. The van der Waals surface area contributed by atoms with Crippen LogP contribution < -0.4 is 10.6 Å². The highest BCUT2D eigenvalue weighted by Crippen LogP contribution is 2.21. The van der Waals surface area contributed by atoms with Crippen molar-refractivity contribution in [2.75, 3.05) is 65.5 Å². The minimum Gasteiger partial charge on any atom is -0.385 e. The van der Waals surface area contributed by atoms with Crippen LogP contribution in [0, 0.1) is 5.41 Å². The van der Waals surface area contributed by atoms with Crippen LogP contribution in [-0.2, 0) is 14.6 Å². The van der Waals surface area contributed by atoms with Gasteiger partial charge >= 0.3 is 0 Å². The van der Waals surface area contributed by atoms with Gasteiger partial charge in [0.05, 0.1) is 5.75 Å². The predicted molar refractivity (Wildman–Crippen MR) is 106 cm³/mol. The van der Waals surface area contributed by atoms with Crippen molar-refractivity contribution in [2.45, 2.75) is 33.6 Å². The molecular formula is C17H38N4O3S. The maximum absolute atomic E-state index is 11.3. The molecule has 0 saturated carbocycles. The Bertz CT molecular complexity index is 478. The van der Waals surface area contributed by atoms with Gasteiger partial charge in [0.2, 0.25) is 0 Å². The van der Waals surface area contributed by atoms with Gasteiger partial charge in [0.25, 0.3) is 0 Å². The molecule has 0 aliphatic carbocycles. The fraction of sp³-hybridized carbons (Fsp3) is 0.941. The average molecular weight is 379 g/mol. The number of sulfone groups is 1. The fourth-order valence-electron chi connectivity index (χ4n) is 2.13. The smallest absolute Gasteiger partial charge is 0.191 e. The molecule has 0 aromatic heterocycles. The van der Waals surface area contributed by atoms with Gasteiger partial charge in [-0.25, -0.2) is 8.42 Å². The average Bonchev–Trinajstić information content (AvgIpc) is 2.50. The van der Waals surface area contributed by atoms with Gasteiger partial charge in [-0.3, -0.25) is 4.99 Å². The van der Waals surface area contributed by atoms with Gasteiger partial charge in [-0.1, -0.05) is 13.8 Å². The fourth-order valence-corrected chi connectivity index (χ4v) is 3.05. The first kappa shape index (κ1) is 24.1. The summed E-state index contributed by atoms with van der Waals surface area (Å²) in [6.45, 7) is 11.0. The highest BCUT2D eigenvalue weighted by atomic mass is 32.2.